The van der Waals surface area contributed by atoms with Crippen molar-refractivity contribution in [2.45, 2.75) is 13.3 Å². The molecule has 0 rings (SSSR count). The van der Waals surface area contributed by atoms with Gasteiger partial charge >= 0.3 is 0 Å². The molecule has 0 unspecified atom stereocenters. The average Bonchev–Trinajstić information content (AvgIpc) is 1.66. The zero-order valence-corrected chi connectivity index (χ0v) is 5.97. The second-order valence-corrected chi connectivity index (χ2v) is 1.60. The topological polar surface area (TPSA) is 86.7 Å². The molecule has 0 aromatic heterocycles. The zero-order chi connectivity index (χ0) is 7.70. The first-order valence-electron chi connectivity index (χ1n) is 2.19. The number of hydrogen-bond donors (Lipinski definition) is 4. The molecule has 0 fully saturated rings. The van der Waals surface area contributed by atoms with Crippen molar-refractivity contribution in [1.29, 1.82) is 0 Å². The van der Waals surface area contributed by atoms with E-state index in [-0.39, 0.29) is 0 Å². The zero-order valence-electron chi connectivity index (χ0n) is 5.07. The Balaban J connectivity index is 0. The van der Waals surface area contributed by atoms with Crippen molar-refractivity contribution in [2.24, 2.45) is 5.50 Å². The van der Waals surface area contributed by atoms with Gasteiger partial charge in [-0.2, -0.15) is 0 Å². The Kier molecular flexibility index (Phi) is 13.5. The number of aliphatic hydroxyl groups excluding tert-OH is 1. The molecule has 0 heterocycles. The maximum Gasteiger partial charge on any atom is 0.247 e. The third-order valence-electron chi connectivity index (χ3n) is 0.256. The summed E-state index contributed by atoms with van der Waals surface area (Å²) in [6.07, 6.45) is 2.50. The lowest BCUT2D eigenvalue weighted by molar-refractivity contribution is 0.485. The summed E-state index contributed by atoms with van der Waals surface area (Å²) >= 11 is 0. The maximum absolute atomic E-state index is 7.71. The summed E-state index contributed by atoms with van der Waals surface area (Å²) in [6, 6.07) is 0. The van der Waals surface area contributed by atoms with E-state index in [1.807, 2.05) is 6.92 Å². The van der Waals surface area contributed by atoms with Crippen molar-refractivity contribution >= 4 is 8.53 Å². The van der Waals surface area contributed by atoms with E-state index in [1.54, 1.807) is 6.11 Å². The van der Waals surface area contributed by atoms with Gasteiger partial charge in [-0.25, -0.2) is 0 Å². The molecule has 0 aliphatic rings. The van der Waals surface area contributed by atoms with Gasteiger partial charge in [0.1, 0.15) is 6.11 Å². The lowest BCUT2D eigenvalue weighted by atomic mass is 10.5. The molecule has 0 bridgehead atoms. The van der Waals surface area contributed by atoms with Gasteiger partial charge in [-0.3, -0.25) is 5.50 Å². The van der Waals surface area contributed by atoms with E-state index in [9.17, 15) is 0 Å². The smallest absolute Gasteiger partial charge is 0.247 e. The Morgan fingerprint density at radius 2 is 1.89 bits per heavy atom. The van der Waals surface area contributed by atoms with E-state index in [1.165, 1.54) is 0 Å². The fraction of sp³-hybridized carbons (Fsp3) is 0.500. The second kappa shape index (κ2) is 10.6. The quantitative estimate of drug-likeness (QED) is 0.287. The van der Waals surface area contributed by atoms with Crippen LogP contribution in [-0.4, -0.2) is 14.9 Å². The lowest BCUT2D eigenvalue weighted by Crippen LogP contribution is -1.78. The average molecular weight is 151 g/mol. The first kappa shape index (κ1) is 11.5. The van der Waals surface area contributed by atoms with Crippen LogP contribution in [0.15, 0.2) is 0 Å². The SMILES string of the molecule is CCC#CO.NP(O)O. The molecule has 0 amide bonds. The summed E-state index contributed by atoms with van der Waals surface area (Å²) in [6.45, 7) is 1.88. The summed E-state index contributed by atoms with van der Waals surface area (Å²) < 4.78 is 0. The Morgan fingerprint density at radius 3 is 1.89 bits per heavy atom. The van der Waals surface area contributed by atoms with Gasteiger partial charge in [0.05, 0.1) is 0 Å². The molecule has 5 heteroatoms. The number of rotatable bonds is 0. The number of nitrogens with two attached hydrogens (primary N) is 1. The van der Waals surface area contributed by atoms with Crippen molar-refractivity contribution in [2.75, 3.05) is 0 Å². The van der Waals surface area contributed by atoms with Gasteiger partial charge in [0.25, 0.3) is 0 Å². The lowest BCUT2D eigenvalue weighted by Gasteiger charge is -1.79. The third kappa shape index (κ3) is 88.4. The van der Waals surface area contributed by atoms with Crippen LogP contribution in [0.2, 0.25) is 0 Å². The van der Waals surface area contributed by atoms with Crippen LogP contribution in [0.25, 0.3) is 0 Å². The highest BCUT2D eigenvalue weighted by Crippen LogP contribution is 2.05. The van der Waals surface area contributed by atoms with Gasteiger partial charge in [-0.1, -0.05) is 12.8 Å². The van der Waals surface area contributed by atoms with E-state index >= 15 is 0 Å². The van der Waals surface area contributed by atoms with Crippen molar-refractivity contribution in [1.82, 2.24) is 0 Å². The van der Waals surface area contributed by atoms with Crippen LogP contribution in [0.3, 0.4) is 0 Å². The van der Waals surface area contributed by atoms with Gasteiger partial charge < -0.3 is 14.9 Å². The molecule has 0 saturated carbocycles. The van der Waals surface area contributed by atoms with Crippen molar-refractivity contribution in [3.8, 4) is 12.0 Å². The summed E-state index contributed by atoms with van der Waals surface area (Å²) in [7, 11) is -2.12. The number of aliphatic hydroxyl groups is 1. The van der Waals surface area contributed by atoms with E-state index < -0.39 is 8.53 Å². The molecule has 5 N–H and O–H groups in total. The summed E-state index contributed by atoms with van der Waals surface area (Å²) in [4.78, 5) is 14.9. The first-order valence-corrected chi connectivity index (χ1v) is 3.51. The molecule has 4 nitrogen and oxygen atoms in total. The Hall–Kier alpha value is -0.330. The highest BCUT2D eigenvalue weighted by molar-refractivity contribution is 7.42. The molecule has 54 valence electrons. The normalized spacial score (nSPS) is 6.78. The minimum Gasteiger partial charge on any atom is -0.462 e. The summed E-state index contributed by atoms with van der Waals surface area (Å²) in [5.74, 6) is 2.42. The van der Waals surface area contributed by atoms with Crippen molar-refractivity contribution in [3.63, 3.8) is 0 Å². The Bertz CT molecular complexity index is 93.0. The molecule has 0 aliphatic heterocycles. The van der Waals surface area contributed by atoms with Gasteiger partial charge in [-0.15, -0.1) is 0 Å². The molecule has 0 atom stereocenters. The highest BCUT2D eigenvalue weighted by Gasteiger charge is 1.72. The molecular formula is C4H10NO3P. The predicted octanol–water partition coefficient (Wildman–Crippen LogP) is -0.114. The fourth-order valence-electron chi connectivity index (χ4n) is 0.0791. The van der Waals surface area contributed by atoms with Crippen LogP contribution in [0.5, 0.6) is 0 Å². The van der Waals surface area contributed by atoms with Gasteiger partial charge in [0, 0.05) is 6.42 Å². The molecule has 0 saturated heterocycles. The van der Waals surface area contributed by atoms with Crippen LogP contribution in [0.4, 0.5) is 0 Å². The molecule has 0 aromatic rings. The van der Waals surface area contributed by atoms with Crippen molar-refractivity contribution < 1.29 is 14.9 Å². The van der Waals surface area contributed by atoms with Gasteiger partial charge in [0.15, 0.2) is 0 Å². The molecule has 9 heavy (non-hydrogen) atoms. The minimum atomic E-state index is -2.12. The van der Waals surface area contributed by atoms with Crippen LogP contribution in [0, 0.1) is 12.0 Å². The summed E-state index contributed by atoms with van der Waals surface area (Å²) in [5.41, 5.74) is 4.29. The molecular weight excluding hydrogens is 141 g/mol. The largest absolute Gasteiger partial charge is 0.462 e. The molecule has 0 aromatic carbocycles. The highest BCUT2D eigenvalue weighted by atomic mass is 31.2. The van der Waals surface area contributed by atoms with E-state index in [0.29, 0.717) is 0 Å². The maximum atomic E-state index is 7.71. The second-order valence-electron chi connectivity index (χ2n) is 0.963. The van der Waals surface area contributed by atoms with Crippen LogP contribution < -0.4 is 5.50 Å². The standard InChI is InChI=1S/C4H6O.H4NO2P/c1-2-3-4-5;1-4(2)3/h5H,2H2,1H3;2-3H,1H2. The fourth-order valence-corrected chi connectivity index (χ4v) is 0.0791. The summed E-state index contributed by atoms with van der Waals surface area (Å²) in [5, 5.41) is 7.71. The van der Waals surface area contributed by atoms with E-state index in [0.717, 1.165) is 6.42 Å². The van der Waals surface area contributed by atoms with E-state index in [2.05, 4.69) is 11.4 Å². The number of hydrogen-bond acceptors (Lipinski definition) is 4. The van der Waals surface area contributed by atoms with Gasteiger partial charge in [-0.05, 0) is 0 Å². The molecule has 0 radical (unpaired) electrons. The van der Waals surface area contributed by atoms with Crippen LogP contribution in [0.1, 0.15) is 13.3 Å². The predicted molar refractivity (Wildman–Crippen MR) is 35.5 cm³/mol. The van der Waals surface area contributed by atoms with Crippen LogP contribution >= 0.6 is 8.53 Å². The third-order valence-corrected chi connectivity index (χ3v) is 0.256. The molecule has 0 aliphatic carbocycles. The van der Waals surface area contributed by atoms with E-state index in [4.69, 9.17) is 14.9 Å². The Labute approximate surface area is 55.3 Å². The monoisotopic (exact) mass is 151 g/mol. The molecule has 0 spiro atoms. The minimum absolute atomic E-state index is 0.733. The van der Waals surface area contributed by atoms with Gasteiger partial charge in [0.2, 0.25) is 8.53 Å². The van der Waals surface area contributed by atoms with Crippen molar-refractivity contribution in [3.05, 3.63) is 0 Å². The first-order chi connectivity index (χ1) is 4.15. The van der Waals surface area contributed by atoms with Crippen LogP contribution in [-0.2, 0) is 0 Å². The Morgan fingerprint density at radius 1 is 1.56 bits per heavy atom.